The molecule has 24 heavy (non-hydrogen) atoms. The first-order chi connectivity index (χ1) is 11.3. The standard InChI is InChI=1S/C17H18ClN5O/c1-17(2,3)21-16(24)9-11-6-7-19-12(8-11)13-10-20-15-5-4-14(18)22-23(13)15/h4-8,10H,9H2,1-3H3,(H,21,24). The molecular formula is C17H18ClN5O. The average Bonchev–Trinajstić information content (AvgIpc) is 2.88. The summed E-state index contributed by atoms with van der Waals surface area (Å²) >= 11 is 5.96. The Bertz CT molecular complexity index is 897. The van der Waals surface area contributed by atoms with E-state index in [0.29, 0.717) is 16.5 Å². The molecule has 0 aliphatic heterocycles. The molecule has 6 nitrogen and oxygen atoms in total. The van der Waals surface area contributed by atoms with Crippen molar-refractivity contribution in [3.63, 3.8) is 0 Å². The molecule has 0 aliphatic rings. The van der Waals surface area contributed by atoms with Crippen molar-refractivity contribution in [3.8, 4) is 11.4 Å². The van der Waals surface area contributed by atoms with E-state index in [2.05, 4.69) is 20.4 Å². The third-order valence-electron chi connectivity index (χ3n) is 3.30. The molecule has 7 heteroatoms. The molecule has 0 radical (unpaired) electrons. The van der Waals surface area contributed by atoms with E-state index >= 15 is 0 Å². The second-order valence-electron chi connectivity index (χ2n) is 6.59. The second kappa shape index (κ2) is 6.20. The molecule has 0 saturated carbocycles. The molecule has 0 spiro atoms. The maximum absolute atomic E-state index is 12.1. The third-order valence-corrected chi connectivity index (χ3v) is 3.50. The van der Waals surface area contributed by atoms with E-state index in [1.807, 2.05) is 32.9 Å². The average molecular weight is 344 g/mol. The quantitative estimate of drug-likeness (QED) is 0.793. The van der Waals surface area contributed by atoms with Crippen LogP contribution in [-0.2, 0) is 11.2 Å². The van der Waals surface area contributed by atoms with Gasteiger partial charge < -0.3 is 5.32 Å². The number of carbonyl (C=O) groups is 1. The summed E-state index contributed by atoms with van der Waals surface area (Å²) in [6.07, 6.45) is 3.66. The number of carbonyl (C=O) groups excluding carboxylic acids is 1. The zero-order valence-corrected chi connectivity index (χ0v) is 14.5. The lowest BCUT2D eigenvalue weighted by molar-refractivity contribution is -0.121. The fourth-order valence-electron chi connectivity index (χ4n) is 2.40. The first-order valence-electron chi connectivity index (χ1n) is 7.58. The molecule has 124 valence electrons. The van der Waals surface area contributed by atoms with Gasteiger partial charge in [0.15, 0.2) is 5.65 Å². The highest BCUT2D eigenvalue weighted by Gasteiger charge is 2.15. The van der Waals surface area contributed by atoms with E-state index < -0.39 is 0 Å². The lowest BCUT2D eigenvalue weighted by Gasteiger charge is -2.20. The molecule has 3 rings (SSSR count). The van der Waals surface area contributed by atoms with Gasteiger partial charge in [0.1, 0.15) is 10.8 Å². The predicted molar refractivity (Wildman–Crippen MR) is 92.8 cm³/mol. The number of imidazole rings is 1. The third kappa shape index (κ3) is 3.71. The normalized spacial score (nSPS) is 11.7. The highest BCUT2D eigenvalue weighted by atomic mass is 35.5. The van der Waals surface area contributed by atoms with Crippen molar-refractivity contribution >= 4 is 23.2 Å². The van der Waals surface area contributed by atoms with Gasteiger partial charge in [-0.3, -0.25) is 9.78 Å². The van der Waals surface area contributed by atoms with Gasteiger partial charge in [0.05, 0.1) is 18.3 Å². The lowest BCUT2D eigenvalue weighted by Crippen LogP contribution is -2.41. The summed E-state index contributed by atoms with van der Waals surface area (Å²) in [7, 11) is 0. The summed E-state index contributed by atoms with van der Waals surface area (Å²) in [5, 5.41) is 7.58. The van der Waals surface area contributed by atoms with Crippen molar-refractivity contribution in [2.45, 2.75) is 32.7 Å². The van der Waals surface area contributed by atoms with Crippen LogP contribution in [0.5, 0.6) is 0 Å². The van der Waals surface area contributed by atoms with Crippen LogP contribution in [0, 0.1) is 0 Å². The number of nitrogens with zero attached hydrogens (tertiary/aromatic N) is 4. The number of aromatic nitrogens is 4. The summed E-state index contributed by atoms with van der Waals surface area (Å²) in [5.41, 5.74) is 2.73. The highest BCUT2D eigenvalue weighted by Crippen LogP contribution is 2.20. The summed E-state index contributed by atoms with van der Waals surface area (Å²) in [6.45, 7) is 5.87. The van der Waals surface area contributed by atoms with E-state index in [1.165, 1.54) is 0 Å². The van der Waals surface area contributed by atoms with Crippen LogP contribution in [0.4, 0.5) is 0 Å². The Hall–Kier alpha value is -2.47. The smallest absolute Gasteiger partial charge is 0.224 e. The summed E-state index contributed by atoms with van der Waals surface area (Å²) in [4.78, 5) is 20.8. The largest absolute Gasteiger partial charge is 0.351 e. The van der Waals surface area contributed by atoms with Crippen molar-refractivity contribution in [3.05, 3.63) is 47.4 Å². The van der Waals surface area contributed by atoms with E-state index in [-0.39, 0.29) is 17.9 Å². The molecule has 3 aromatic heterocycles. The minimum Gasteiger partial charge on any atom is -0.351 e. The maximum atomic E-state index is 12.1. The minimum atomic E-state index is -0.255. The van der Waals surface area contributed by atoms with Crippen LogP contribution in [0.15, 0.2) is 36.7 Å². The zero-order valence-electron chi connectivity index (χ0n) is 13.7. The number of fused-ring (bicyclic) bond motifs is 1. The Morgan fingerprint density at radius 1 is 1.25 bits per heavy atom. The van der Waals surface area contributed by atoms with Crippen LogP contribution >= 0.6 is 11.6 Å². The molecule has 0 aliphatic carbocycles. The van der Waals surface area contributed by atoms with Crippen molar-refractivity contribution in [2.75, 3.05) is 0 Å². The van der Waals surface area contributed by atoms with Gasteiger partial charge in [0.2, 0.25) is 5.91 Å². The van der Waals surface area contributed by atoms with Crippen molar-refractivity contribution < 1.29 is 4.79 Å². The van der Waals surface area contributed by atoms with E-state index in [0.717, 1.165) is 11.3 Å². The van der Waals surface area contributed by atoms with Crippen LogP contribution in [0.2, 0.25) is 5.15 Å². The topological polar surface area (TPSA) is 72.2 Å². The van der Waals surface area contributed by atoms with Crippen LogP contribution < -0.4 is 5.32 Å². The van der Waals surface area contributed by atoms with Gasteiger partial charge >= 0.3 is 0 Å². The molecule has 0 aromatic carbocycles. The molecule has 3 heterocycles. The zero-order chi connectivity index (χ0) is 17.3. The molecule has 0 bridgehead atoms. The van der Waals surface area contributed by atoms with Gasteiger partial charge in [0.25, 0.3) is 0 Å². The predicted octanol–water partition coefficient (Wildman–Crippen LogP) is 2.90. The van der Waals surface area contributed by atoms with Gasteiger partial charge in [0, 0.05) is 11.7 Å². The number of rotatable bonds is 3. The number of pyridine rings is 1. The molecule has 1 N–H and O–H groups in total. The highest BCUT2D eigenvalue weighted by molar-refractivity contribution is 6.29. The Balaban J connectivity index is 1.90. The van der Waals surface area contributed by atoms with Gasteiger partial charge in [-0.15, -0.1) is 0 Å². The van der Waals surface area contributed by atoms with E-state index in [1.54, 1.807) is 29.0 Å². The Morgan fingerprint density at radius 3 is 2.79 bits per heavy atom. The van der Waals surface area contributed by atoms with Crippen molar-refractivity contribution in [2.24, 2.45) is 0 Å². The SMILES string of the molecule is CC(C)(C)NC(=O)Cc1ccnc(-c2cnc3ccc(Cl)nn23)c1. The summed E-state index contributed by atoms with van der Waals surface area (Å²) < 4.78 is 1.64. The van der Waals surface area contributed by atoms with Crippen molar-refractivity contribution in [1.29, 1.82) is 0 Å². The Kier molecular flexibility index (Phi) is 4.24. The molecule has 0 atom stereocenters. The molecule has 3 aromatic rings. The van der Waals surface area contributed by atoms with E-state index in [4.69, 9.17) is 11.6 Å². The van der Waals surface area contributed by atoms with Gasteiger partial charge in [-0.2, -0.15) is 5.10 Å². The molecule has 0 fully saturated rings. The van der Waals surface area contributed by atoms with Crippen molar-refractivity contribution in [1.82, 2.24) is 24.9 Å². The summed E-state index contributed by atoms with van der Waals surface area (Å²) in [5.74, 6) is -0.0287. The van der Waals surface area contributed by atoms with Gasteiger partial charge in [-0.05, 0) is 50.6 Å². The first-order valence-corrected chi connectivity index (χ1v) is 7.96. The fraction of sp³-hybridized carbons (Fsp3) is 0.294. The molecular weight excluding hydrogens is 326 g/mol. The Morgan fingerprint density at radius 2 is 2.04 bits per heavy atom. The monoisotopic (exact) mass is 343 g/mol. The second-order valence-corrected chi connectivity index (χ2v) is 6.98. The number of halogens is 1. The van der Waals surface area contributed by atoms with E-state index in [9.17, 15) is 4.79 Å². The number of nitrogens with one attached hydrogen (secondary N) is 1. The first kappa shape index (κ1) is 16.4. The number of hydrogen-bond acceptors (Lipinski definition) is 4. The molecule has 0 saturated heterocycles. The van der Waals surface area contributed by atoms with Gasteiger partial charge in [-0.25, -0.2) is 9.50 Å². The molecule has 1 amide bonds. The Labute approximate surface area is 144 Å². The van der Waals surface area contributed by atoms with Crippen LogP contribution in [0.3, 0.4) is 0 Å². The minimum absolute atomic E-state index is 0.0287. The van der Waals surface area contributed by atoms with Crippen LogP contribution in [0.1, 0.15) is 26.3 Å². The summed E-state index contributed by atoms with van der Waals surface area (Å²) in [6, 6.07) is 7.18. The van der Waals surface area contributed by atoms with Gasteiger partial charge in [-0.1, -0.05) is 11.6 Å². The number of hydrogen-bond donors (Lipinski definition) is 1. The van der Waals surface area contributed by atoms with Crippen LogP contribution in [-0.4, -0.2) is 31.0 Å². The molecule has 0 unspecified atom stereocenters. The fourth-order valence-corrected chi connectivity index (χ4v) is 2.54. The maximum Gasteiger partial charge on any atom is 0.224 e. The van der Waals surface area contributed by atoms with Crippen LogP contribution in [0.25, 0.3) is 17.0 Å². The lowest BCUT2D eigenvalue weighted by atomic mass is 10.1. The number of amides is 1.